The van der Waals surface area contributed by atoms with Gasteiger partial charge in [-0.25, -0.2) is 0 Å². The van der Waals surface area contributed by atoms with Crippen LogP contribution in [0, 0.1) is 0 Å². The Kier molecular flexibility index (Phi) is 8.11. The Hall–Kier alpha value is -3.32. The average molecular weight is 453 g/mol. The fraction of sp³-hybridized carbons (Fsp3) is 0.385. The summed E-state index contributed by atoms with van der Waals surface area (Å²) in [5.41, 5.74) is 1.29. The van der Waals surface area contributed by atoms with E-state index in [0.717, 1.165) is 31.6 Å². The first kappa shape index (κ1) is 24.3. The number of benzene rings is 2. The van der Waals surface area contributed by atoms with Crippen molar-refractivity contribution in [1.29, 1.82) is 0 Å². The van der Waals surface area contributed by atoms with Gasteiger partial charge in [-0.05, 0) is 68.0 Å². The molecule has 0 saturated carbocycles. The van der Waals surface area contributed by atoms with Crippen LogP contribution in [0.2, 0.25) is 0 Å². The topological polar surface area (TPSA) is 79.3 Å². The van der Waals surface area contributed by atoms with Crippen molar-refractivity contribution < 1.29 is 24.2 Å². The molecule has 1 saturated heterocycles. The van der Waals surface area contributed by atoms with E-state index in [-0.39, 0.29) is 11.3 Å². The van der Waals surface area contributed by atoms with E-state index >= 15 is 0 Å². The molecule has 0 spiro atoms. The van der Waals surface area contributed by atoms with Gasteiger partial charge in [-0.2, -0.15) is 0 Å². The number of hydrogen-bond acceptors (Lipinski definition) is 6. The average Bonchev–Trinajstić information content (AvgIpc) is 3.11. The lowest BCUT2D eigenvalue weighted by Gasteiger charge is -2.27. The lowest BCUT2D eigenvalue weighted by Crippen LogP contribution is -2.33. The van der Waals surface area contributed by atoms with Gasteiger partial charge < -0.3 is 24.4 Å². The fourth-order valence-corrected chi connectivity index (χ4v) is 4.15. The predicted octanol–water partition coefficient (Wildman–Crippen LogP) is 3.86. The number of ketones is 1. The van der Waals surface area contributed by atoms with Crippen molar-refractivity contribution in [3.05, 3.63) is 65.2 Å². The van der Waals surface area contributed by atoms with E-state index in [2.05, 4.69) is 18.7 Å². The first-order valence-electron chi connectivity index (χ1n) is 11.2. The minimum absolute atomic E-state index is 0.0955. The van der Waals surface area contributed by atoms with Crippen LogP contribution in [-0.2, 0) is 9.59 Å². The number of carbonyl (C=O) groups is 2. The summed E-state index contributed by atoms with van der Waals surface area (Å²) in [5, 5.41) is 11.1. The molecule has 7 heteroatoms. The third-order valence-electron chi connectivity index (χ3n) is 6.10. The highest BCUT2D eigenvalue weighted by Crippen LogP contribution is 2.40. The van der Waals surface area contributed by atoms with Crippen molar-refractivity contribution in [1.82, 2.24) is 9.80 Å². The van der Waals surface area contributed by atoms with Crippen LogP contribution in [-0.4, -0.2) is 67.0 Å². The number of hydrogen-bond donors (Lipinski definition) is 1. The summed E-state index contributed by atoms with van der Waals surface area (Å²) in [7, 11) is 3.14. The SMILES string of the molecule is CCN(CC)CCCN1C(=O)C(=O)/C(=C(\O)c2ccc(OC)cc2)C1c1ccc(OC)cc1. The Morgan fingerprint density at radius 3 is 2.00 bits per heavy atom. The highest BCUT2D eigenvalue weighted by atomic mass is 16.5. The van der Waals surface area contributed by atoms with E-state index in [0.29, 0.717) is 23.6 Å². The molecule has 1 N–H and O–H groups in total. The van der Waals surface area contributed by atoms with Crippen LogP contribution in [0.15, 0.2) is 54.1 Å². The minimum Gasteiger partial charge on any atom is -0.507 e. The molecule has 2 aromatic carbocycles. The lowest BCUT2D eigenvalue weighted by molar-refractivity contribution is -0.140. The van der Waals surface area contributed by atoms with Gasteiger partial charge in [0, 0.05) is 12.1 Å². The zero-order valence-corrected chi connectivity index (χ0v) is 19.7. The quantitative estimate of drug-likeness (QED) is 0.335. The van der Waals surface area contributed by atoms with Gasteiger partial charge in [0.2, 0.25) is 0 Å². The van der Waals surface area contributed by atoms with Crippen LogP contribution in [0.5, 0.6) is 11.5 Å². The third kappa shape index (κ3) is 5.20. The number of rotatable bonds is 10. The van der Waals surface area contributed by atoms with E-state index in [1.165, 1.54) is 0 Å². The maximum Gasteiger partial charge on any atom is 0.295 e. The van der Waals surface area contributed by atoms with Crippen molar-refractivity contribution in [2.75, 3.05) is 40.4 Å². The van der Waals surface area contributed by atoms with Gasteiger partial charge in [0.15, 0.2) is 0 Å². The number of aliphatic hydroxyl groups is 1. The molecule has 176 valence electrons. The molecule has 1 aliphatic heterocycles. The Morgan fingerprint density at radius 1 is 0.939 bits per heavy atom. The van der Waals surface area contributed by atoms with Gasteiger partial charge in [0.05, 0.1) is 25.8 Å². The zero-order chi connectivity index (χ0) is 24.0. The number of nitrogens with zero attached hydrogens (tertiary/aromatic N) is 2. The number of Topliss-reactive ketones (excluding diaryl/α,β-unsaturated/α-hetero) is 1. The van der Waals surface area contributed by atoms with Gasteiger partial charge in [-0.1, -0.05) is 26.0 Å². The number of aliphatic hydroxyl groups excluding tert-OH is 1. The summed E-state index contributed by atoms with van der Waals surface area (Å²) in [4.78, 5) is 30.0. The van der Waals surface area contributed by atoms with Crippen LogP contribution >= 0.6 is 0 Å². The molecule has 1 atom stereocenters. The Bertz CT molecular complexity index is 994. The van der Waals surface area contributed by atoms with Gasteiger partial charge in [0.25, 0.3) is 11.7 Å². The maximum absolute atomic E-state index is 13.1. The molecule has 7 nitrogen and oxygen atoms in total. The minimum atomic E-state index is -0.674. The molecule has 1 amide bonds. The summed E-state index contributed by atoms with van der Waals surface area (Å²) >= 11 is 0. The van der Waals surface area contributed by atoms with Crippen molar-refractivity contribution in [2.24, 2.45) is 0 Å². The summed E-state index contributed by atoms with van der Waals surface area (Å²) in [5.74, 6) is -0.150. The van der Waals surface area contributed by atoms with Gasteiger partial charge >= 0.3 is 0 Å². The summed E-state index contributed by atoms with van der Waals surface area (Å²) in [6.07, 6.45) is 0.726. The van der Waals surface area contributed by atoms with Crippen LogP contribution in [0.3, 0.4) is 0 Å². The van der Waals surface area contributed by atoms with E-state index < -0.39 is 17.7 Å². The zero-order valence-electron chi connectivity index (χ0n) is 19.7. The van der Waals surface area contributed by atoms with Crippen LogP contribution in [0.4, 0.5) is 0 Å². The lowest BCUT2D eigenvalue weighted by atomic mass is 9.95. The predicted molar refractivity (Wildman–Crippen MR) is 127 cm³/mol. The summed E-state index contributed by atoms with van der Waals surface area (Å²) in [6, 6.07) is 13.3. The van der Waals surface area contributed by atoms with Crippen molar-refractivity contribution in [2.45, 2.75) is 26.3 Å². The maximum atomic E-state index is 13.1. The molecule has 0 aromatic heterocycles. The Labute approximate surface area is 195 Å². The molecule has 0 radical (unpaired) electrons. The molecule has 33 heavy (non-hydrogen) atoms. The summed E-state index contributed by atoms with van der Waals surface area (Å²) in [6.45, 7) is 7.29. The number of ether oxygens (including phenoxy) is 2. The smallest absolute Gasteiger partial charge is 0.295 e. The highest BCUT2D eigenvalue weighted by molar-refractivity contribution is 6.46. The van der Waals surface area contributed by atoms with E-state index in [1.807, 2.05) is 12.1 Å². The normalized spacial score (nSPS) is 17.6. The van der Waals surface area contributed by atoms with Crippen molar-refractivity contribution in [3.63, 3.8) is 0 Å². The molecule has 3 rings (SSSR count). The van der Waals surface area contributed by atoms with E-state index in [1.54, 1.807) is 55.5 Å². The standard InChI is InChI=1S/C26H32N2O5/c1-5-27(6-2)16-7-17-28-23(18-8-12-20(32-3)13-9-18)22(25(30)26(28)31)24(29)19-10-14-21(33-4)15-11-19/h8-15,23,29H,5-7,16-17H2,1-4H3/b24-22-. The molecule has 0 aliphatic carbocycles. The van der Waals surface area contributed by atoms with Crippen molar-refractivity contribution >= 4 is 17.4 Å². The highest BCUT2D eigenvalue weighted by Gasteiger charge is 2.45. The number of amides is 1. The first-order chi connectivity index (χ1) is 15.9. The summed E-state index contributed by atoms with van der Waals surface area (Å²) < 4.78 is 10.4. The van der Waals surface area contributed by atoms with Gasteiger partial charge in [0.1, 0.15) is 17.3 Å². The van der Waals surface area contributed by atoms with Crippen LogP contribution < -0.4 is 9.47 Å². The molecule has 0 bridgehead atoms. The van der Waals surface area contributed by atoms with E-state index in [9.17, 15) is 14.7 Å². The van der Waals surface area contributed by atoms with E-state index in [4.69, 9.17) is 9.47 Å². The Balaban J connectivity index is 2.01. The fourth-order valence-electron chi connectivity index (χ4n) is 4.15. The third-order valence-corrected chi connectivity index (χ3v) is 6.10. The number of likely N-dealkylation sites (tertiary alicyclic amines) is 1. The Morgan fingerprint density at radius 2 is 1.48 bits per heavy atom. The monoisotopic (exact) mass is 452 g/mol. The second kappa shape index (κ2) is 11.0. The molecule has 1 heterocycles. The molecular formula is C26H32N2O5. The van der Waals surface area contributed by atoms with Crippen molar-refractivity contribution in [3.8, 4) is 11.5 Å². The molecule has 1 fully saturated rings. The second-order valence-corrected chi connectivity index (χ2v) is 7.87. The van der Waals surface area contributed by atoms with Crippen LogP contribution in [0.1, 0.15) is 37.4 Å². The first-order valence-corrected chi connectivity index (χ1v) is 11.2. The van der Waals surface area contributed by atoms with Crippen LogP contribution in [0.25, 0.3) is 5.76 Å². The second-order valence-electron chi connectivity index (χ2n) is 7.87. The number of carbonyl (C=O) groups excluding carboxylic acids is 2. The number of methoxy groups -OCH3 is 2. The molecular weight excluding hydrogens is 420 g/mol. The molecule has 2 aromatic rings. The molecule has 1 unspecified atom stereocenters. The van der Waals surface area contributed by atoms with Gasteiger partial charge in [-0.15, -0.1) is 0 Å². The van der Waals surface area contributed by atoms with Gasteiger partial charge in [-0.3, -0.25) is 9.59 Å². The molecule has 1 aliphatic rings. The largest absolute Gasteiger partial charge is 0.507 e.